The fourth-order valence-corrected chi connectivity index (χ4v) is 1.49. The zero-order chi connectivity index (χ0) is 8.97. The van der Waals surface area contributed by atoms with Gasteiger partial charge in [0, 0.05) is 0 Å². The van der Waals surface area contributed by atoms with Crippen LogP contribution in [-0.2, 0) is 0 Å². The predicted octanol–water partition coefficient (Wildman–Crippen LogP) is 3.84. The molecule has 0 amide bonds. The number of rotatable bonds is 1. The van der Waals surface area contributed by atoms with E-state index in [-0.39, 0.29) is 0 Å². The molecule has 1 aromatic rings. The van der Waals surface area contributed by atoms with E-state index in [1.54, 1.807) is 0 Å². The smallest absolute Gasteiger partial charge is 0.0133 e. The van der Waals surface area contributed by atoms with Gasteiger partial charge in [-0.3, -0.25) is 0 Å². The average Bonchev–Trinajstić information content (AvgIpc) is 2.88. The monoisotopic (exact) mass is 162 g/mol. The molecule has 2 rings (SSSR count). The van der Waals surface area contributed by atoms with Crippen LogP contribution >= 0.6 is 0 Å². The summed E-state index contributed by atoms with van der Waals surface area (Å²) in [5, 5.41) is 0. The van der Waals surface area contributed by atoms with Crippen molar-refractivity contribution in [2.75, 3.05) is 0 Å². The van der Waals surface area contributed by atoms with Gasteiger partial charge in [0.1, 0.15) is 0 Å². The second kappa shape index (κ2) is 4.30. The molecule has 1 aliphatic rings. The molecule has 2 atom stereocenters. The van der Waals surface area contributed by atoms with Gasteiger partial charge in [-0.05, 0) is 23.8 Å². The Morgan fingerprint density at radius 2 is 1.58 bits per heavy atom. The van der Waals surface area contributed by atoms with Gasteiger partial charge in [0.15, 0.2) is 0 Å². The van der Waals surface area contributed by atoms with E-state index in [9.17, 15) is 0 Å². The third-order valence-electron chi connectivity index (χ3n) is 2.34. The quantitative estimate of drug-likeness (QED) is 0.588. The Morgan fingerprint density at radius 3 is 2.00 bits per heavy atom. The summed E-state index contributed by atoms with van der Waals surface area (Å²) in [6, 6.07) is 10.8. The third kappa shape index (κ3) is 2.10. The summed E-state index contributed by atoms with van der Waals surface area (Å²) in [6.07, 6.45) is 1.39. The fourth-order valence-electron chi connectivity index (χ4n) is 1.49. The van der Waals surface area contributed by atoms with E-state index in [0.717, 1.165) is 11.8 Å². The number of benzene rings is 1. The summed E-state index contributed by atoms with van der Waals surface area (Å²) in [7, 11) is 0. The molecule has 1 aliphatic carbocycles. The molecule has 0 unspecified atom stereocenters. The van der Waals surface area contributed by atoms with E-state index in [4.69, 9.17) is 0 Å². The highest BCUT2D eigenvalue weighted by Gasteiger charge is 2.33. The lowest BCUT2D eigenvalue weighted by atomic mass is 10.1. The van der Waals surface area contributed by atoms with Gasteiger partial charge in [0.05, 0.1) is 0 Å². The molecular weight excluding hydrogens is 144 g/mol. The van der Waals surface area contributed by atoms with E-state index in [1.165, 1.54) is 12.0 Å². The minimum absolute atomic E-state index is 0.876. The minimum atomic E-state index is 0.876. The van der Waals surface area contributed by atoms with Crippen molar-refractivity contribution in [1.82, 2.24) is 0 Å². The van der Waals surface area contributed by atoms with Crippen LogP contribution in [0.3, 0.4) is 0 Å². The highest BCUT2D eigenvalue weighted by molar-refractivity contribution is 5.24. The Labute approximate surface area is 75.6 Å². The van der Waals surface area contributed by atoms with E-state index >= 15 is 0 Å². The molecule has 1 saturated carbocycles. The van der Waals surface area contributed by atoms with Gasteiger partial charge in [-0.2, -0.15) is 0 Å². The molecule has 66 valence electrons. The molecule has 0 N–H and O–H groups in total. The Bertz CT molecular complexity index is 213. The summed E-state index contributed by atoms with van der Waals surface area (Å²) in [6.45, 7) is 6.32. The van der Waals surface area contributed by atoms with Crippen molar-refractivity contribution in [1.29, 1.82) is 0 Å². The van der Waals surface area contributed by atoms with Gasteiger partial charge < -0.3 is 0 Å². The summed E-state index contributed by atoms with van der Waals surface area (Å²) in [5.74, 6) is 1.81. The standard InChI is InChI=1S/C10H12.C2H6/c1-8-7-10(8)9-5-3-2-4-6-9;1-2/h2-6,8,10H,7H2,1H3;1-2H3/t8-,10-;/m0./s1. The van der Waals surface area contributed by atoms with Crippen LogP contribution in [0.4, 0.5) is 0 Å². The minimum Gasteiger partial charge on any atom is -0.0683 e. The molecule has 0 saturated heterocycles. The molecule has 0 aliphatic heterocycles. The SMILES string of the molecule is CC.C[C@H]1C[C@@H]1c1ccccc1. The Morgan fingerprint density at radius 1 is 1.08 bits per heavy atom. The molecule has 0 heteroatoms. The van der Waals surface area contributed by atoms with E-state index in [1.807, 2.05) is 13.8 Å². The average molecular weight is 162 g/mol. The lowest BCUT2D eigenvalue weighted by Crippen LogP contribution is -1.77. The van der Waals surface area contributed by atoms with Crippen molar-refractivity contribution in [2.24, 2.45) is 5.92 Å². The van der Waals surface area contributed by atoms with Gasteiger partial charge in [-0.1, -0.05) is 51.1 Å². The summed E-state index contributed by atoms with van der Waals surface area (Å²) in [4.78, 5) is 0. The predicted molar refractivity (Wildman–Crippen MR) is 54.3 cm³/mol. The molecular formula is C12H18. The molecule has 0 spiro atoms. The lowest BCUT2D eigenvalue weighted by Gasteiger charge is -1.94. The van der Waals surface area contributed by atoms with Gasteiger partial charge in [-0.15, -0.1) is 0 Å². The molecule has 0 nitrogen and oxygen atoms in total. The van der Waals surface area contributed by atoms with E-state index in [0.29, 0.717) is 0 Å². The molecule has 1 fully saturated rings. The Kier molecular flexibility index (Phi) is 3.33. The Balaban J connectivity index is 0.000000336. The first-order chi connectivity index (χ1) is 5.88. The van der Waals surface area contributed by atoms with Crippen LogP contribution in [-0.4, -0.2) is 0 Å². The second-order valence-corrected chi connectivity index (χ2v) is 3.23. The van der Waals surface area contributed by atoms with Gasteiger partial charge in [0.2, 0.25) is 0 Å². The second-order valence-electron chi connectivity index (χ2n) is 3.23. The van der Waals surface area contributed by atoms with Crippen molar-refractivity contribution in [3.8, 4) is 0 Å². The van der Waals surface area contributed by atoms with Crippen LogP contribution in [0.25, 0.3) is 0 Å². The molecule has 0 heterocycles. The highest BCUT2D eigenvalue weighted by atomic mass is 14.4. The van der Waals surface area contributed by atoms with Crippen LogP contribution in [0, 0.1) is 5.92 Å². The number of hydrogen-bond donors (Lipinski definition) is 0. The summed E-state index contributed by atoms with van der Waals surface area (Å²) < 4.78 is 0. The topological polar surface area (TPSA) is 0 Å². The first-order valence-corrected chi connectivity index (χ1v) is 4.93. The summed E-state index contributed by atoms with van der Waals surface area (Å²) in [5.41, 5.74) is 1.52. The van der Waals surface area contributed by atoms with E-state index in [2.05, 4.69) is 37.3 Å². The third-order valence-corrected chi connectivity index (χ3v) is 2.34. The Hall–Kier alpha value is -0.780. The van der Waals surface area contributed by atoms with Gasteiger partial charge in [-0.25, -0.2) is 0 Å². The lowest BCUT2D eigenvalue weighted by molar-refractivity contribution is 0.915. The van der Waals surface area contributed by atoms with Crippen LogP contribution in [0.1, 0.15) is 38.7 Å². The van der Waals surface area contributed by atoms with Crippen molar-refractivity contribution < 1.29 is 0 Å². The van der Waals surface area contributed by atoms with Crippen LogP contribution in [0.2, 0.25) is 0 Å². The van der Waals surface area contributed by atoms with Crippen molar-refractivity contribution >= 4 is 0 Å². The molecule has 1 aromatic carbocycles. The molecule has 0 aromatic heterocycles. The highest BCUT2D eigenvalue weighted by Crippen LogP contribution is 2.46. The first kappa shape index (κ1) is 9.31. The van der Waals surface area contributed by atoms with Gasteiger partial charge in [0.25, 0.3) is 0 Å². The maximum absolute atomic E-state index is 2.32. The maximum Gasteiger partial charge on any atom is -0.0133 e. The zero-order valence-electron chi connectivity index (χ0n) is 8.25. The number of hydrogen-bond acceptors (Lipinski definition) is 0. The van der Waals surface area contributed by atoms with Gasteiger partial charge >= 0.3 is 0 Å². The van der Waals surface area contributed by atoms with Crippen molar-refractivity contribution in [2.45, 2.75) is 33.1 Å². The van der Waals surface area contributed by atoms with E-state index < -0.39 is 0 Å². The molecule has 0 radical (unpaired) electrons. The maximum atomic E-state index is 2.32. The molecule has 12 heavy (non-hydrogen) atoms. The summed E-state index contributed by atoms with van der Waals surface area (Å²) >= 11 is 0. The largest absolute Gasteiger partial charge is 0.0683 e. The first-order valence-electron chi connectivity index (χ1n) is 4.93. The fraction of sp³-hybridized carbons (Fsp3) is 0.500. The zero-order valence-corrected chi connectivity index (χ0v) is 8.25. The normalized spacial score (nSPS) is 25.6. The van der Waals surface area contributed by atoms with Crippen LogP contribution in [0.5, 0.6) is 0 Å². The van der Waals surface area contributed by atoms with Crippen molar-refractivity contribution in [3.63, 3.8) is 0 Å². The van der Waals surface area contributed by atoms with Crippen LogP contribution < -0.4 is 0 Å². The van der Waals surface area contributed by atoms with Crippen LogP contribution in [0.15, 0.2) is 30.3 Å². The molecule has 0 bridgehead atoms. The van der Waals surface area contributed by atoms with Crippen molar-refractivity contribution in [3.05, 3.63) is 35.9 Å².